The zero-order chi connectivity index (χ0) is 21.0. The van der Waals surface area contributed by atoms with Crippen molar-refractivity contribution in [1.29, 1.82) is 0 Å². The standard InChI is InChI=1S/C18H18N4O6/c23-10-1-16(13-26)19-4-7-22(8-5-20-17(14-27)2-11-24)9-6-21-18(15-28)3-12-25/h1-6,10-15H,7-9H2/b16-1-,17-2-,18-3-,19-4?,20-5?,21-6?. The minimum atomic E-state index is -0.0633. The van der Waals surface area contributed by atoms with Gasteiger partial charge in [0, 0.05) is 56.5 Å². The fourth-order valence-electron chi connectivity index (χ4n) is 1.56. The van der Waals surface area contributed by atoms with E-state index in [1.807, 2.05) is 0 Å². The summed E-state index contributed by atoms with van der Waals surface area (Å²) < 4.78 is 0. The van der Waals surface area contributed by atoms with E-state index in [9.17, 15) is 28.8 Å². The molecule has 0 aromatic rings. The number of hydrogen-bond acceptors (Lipinski definition) is 10. The molecule has 0 rings (SSSR count). The molecule has 0 aromatic heterocycles. The zero-order valence-electron chi connectivity index (χ0n) is 14.8. The normalized spacial score (nSPS) is 13.4. The Morgan fingerprint density at radius 2 is 0.821 bits per heavy atom. The summed E-state index contributed by atoms with van der Waals surface area (Å²) in [6.07, 6.45) is 9.64. The Kier molecular flexibility index (Phi) is 14.4. The summed E-state index contributed by atoms with van der Waals surface area (Å²) in [4.78, 5) is 76.5. The Balaban J connectivity index is 5.18. The summed E-state index contributed by atoms with van der Waals surface area (Å²) in [5.74, 6) is 0. The molecule has 0 aromatic carbocycles. The van der Waals surface area contributed by atoms with E-state index in [-0.39, 0.29) is 36.7 Å². The molecule has 0 amide bonds. The quantitative estimate of drug-likeness (QED) is 0.207. The van der Waals surface area contributed by atoms with E-state index >= 15 is 0 Å². The average molecular weight is 386 g/mol. The highest BCUT2D eigenvalue weighted by Gasteiger charge is 2.01. The first-order chi connectivity index (χ1) is 13.6. The van der Waals surface area contributed by atoms with E-state index in [1.54, 1.807) is 4.90 Å². The minimum Gasteiger partial charge on any atom is -0.298 e. The van der Waals surface area contributed by atoms with Crippen LogP contribution in [-0.2, 0) is 28.8 Å². The van der Waals surface area contributed by atoms with E-state index in [0.29, 0.717) is 37.7 Å². The summed E-state index contributed by atoms with van der Waals surface area (Å²) in [6.45, 7) is 0.594. The fraction of sp³-hybridized carbons (Fsp3) is 0.167. The lowest BCUT2D eigenvalue weighted by Crippen LogP contribution is -2.29. The topological polar surface area (TPSA) is 143 Å². The lowest BCUT2D eigenvalue weighted by atomic mass is 10.4. The molecule has 0 heterocycles. The van der Waals surface area contributed by atoms with E-state index < -0.39 is 0 Å². The van der Waals surface area contributed by atoms with Crippen LogP contribution in [0, 0.1) is 0 Å². The van der Waals surface area contributed by atoms with Gasteiger partial charge in [0.2, 0.25) is 0 Å². The van der Waals surface area contributed by atoms with Gasteiger partial charge in [-0.05, 0) is 0 Å². The highest BCUT2D eigenvalue weighted by Crippen LogP contribution is 1.93. The van der Waals surface area contributed by atoms with Gasteiger partial charge >= 0.3 is 0 Å². The van der Waals surface area contributed by atoms with Crippen molar-refractivity contribution in [3.63, 3.8) is 0 Å². The Labute approximate surface area is 160 Å². The van der Waals surface area contributed by atoms with Crippen molar-refractivity contribution in [2.45, 2.75) is 0 Å². The third-order valence-electron chi connectivity index (χ3n) is 2.82. The maximum Gasteiger partial charge on any atom is 0.168 e. The first kappa shape index (κ1) is 24.2. The van der Waals surface area contributed by atoms with E-state index in [0.717, 1.165) is 18.2 Å². The average Bonchev–Trinajstić information content (AvgIpc) is 2.71. The second-order valence-corrected chi connectivity index (χ2v) is 4.69. The lowest BCUT2D eigenvalue weighted by molar-refractivity contribution is -0.106. The molecule has 0 saturated heterocycles. The van der Waals surface area contributed by atoms with Gasteiger partial charge in [0.1, 0.15) is 35.9 Å². The van der Waals surface area contributed by atoms with Crippen LogP contribution >= 0.6 is 0 Å². The second kappa shape index (κ2) is 16.7. The monoisotopic (exact) mass is 386 g/mol. The van der Waals surface area contributed by atoms with Crippen LogP contribution in [0.5, 0.6) is 0 Å². The summed E-state index contributed by atoms with van der Waals surface area (Å²) >= 11 is 0. The highest BCUT2D eigenvalue weighted by atomic mass is 16.1. The van der Waals surface area contributed by atoms with Crippen molar-refractivity contribution in [2.75, 3.05) is 19.6 Å². The maximum absolute atomic E-state index is 10.7. The van der Waals surface area contributed by atoms with Crippen molar-refractivity contribution < 1.29 is 28.8 Å². The smallest absolute Gasteiger partial charge is 0.168 e. The Morgan fingerprint density at radius 1 is 0.536 bits per heavy atom. The second-order valence-electron chi connectivity index (χ2n) is 4.69. The summed E-state index contributed by atoms with van der Waals surface area (Å²) in [6, 6.07) is 0. The molecule has 0 aliphatic heterocycles. The molecule has 0 bridgehead atoms. The number of rotatable bonds is 15. The van der Waals surface area contributed by atoms with Crippen molar-refractivity contribution >= 4 is 56.4 Å². The largest absolute Gasteiger partial charge is 0.298 e. The number of carbonyl (C=O) groups is 6. The van der Waals surface area contributed by atoms with Crippen molar-refractivity contribution in [3.05, 3.63) is 35.3 Å². The van der Waals surface area contributed by atoms with Gasteiger partial charge in [0.25, 0.3) is 0 Å². The van der Waals surface area contributed by atoms with Crippen LogP contribution in [0.1, 0.15) is 0 Å². The van der Waals surface area contributed by atoms with Crippen molar-refractivity contribution in [2.24, 2.45) is 15.0 Å². The predicted molar refractivity (Wildman–Crippen MR) is 103 cm³/mol. The third kappa shape index (κ3) is 11.7. The molecule has 146 valence electrons. The Hall–Kier alpha value is -3.79. The van der Waals surface area contributed by atoms with Crippen LogP contribution in [0.3, 0.4) is 0 Å². The molecular weight excluding hydrogens is 368 g/mol. The predicted octanol–water partition coefficient (Wildman–Crippen LogP) is -0.654. The van der Waals surface area contributed by atoms with Crippen LogP contribution in [0.2, 0.25) is 0 Å². The summed E-state index contributed by atoms with van der Waals surface area (Å²) in [5.41, 5.74) is -0.190. The van der Waals surface area contributed by atoms with Gasteiger partial charge in [-0.15, -0.1) is 0 Å². The molecular formula is C18H18N4O6. The number of allylic oxidation sites excluding steroid dienone is 6. The maximum atomic E-state index is 10.7. The Bertz CT molecular complexity index is 647. The van der Waals surface area contributed by atoms with E-state index in [1.165, 1.54) is 18.6 Å². The zero-order valence-corrected chi connectivity index (χ0v) is 14.8. The van der Waals surface area contributed by atoms with Gasteiger partial charge in [0.15, 0.2) is 18.9 Å². The van der Waals surface area contributed by atoms with Crippen LogP contribution in [0.25, 0.3) is 0 Å². The molecule has 10 nitrogen and oxygen atoms in total. The molecule has 10 heteroatoms. The molecule has 0 saturated carbocycles. The number of nitrogens with zero attached hydrogens (tertiary/aromatic N) is 4. The van der Waals surface area contributed by atoms with Crippen LogP contribution in [-0.4, -0.2) is 80.9 Å². The first-order valence-electron chi connectivity index (χ1n) is 7.77. The van der Waals surface area contributed by atoms with Gasteiger partial charge < -0.3 is 0 Å². The molecule has 28 heavy (non-hydrogen) atoms. The summed E-state index contributed by atoms with van der Waals surface area (Å²) in [7, 11) is 0. The lowest BCUT2D eigenvalue weighted by Gasteiger charge is -2.15. The number of aldehydes is 6. The van der Waals surface area contributed by atoms with Gasteiger partial charge in [-0.1, -0.05) is 0 Å². The first-order valence-corrected chi connectivity index (χ1v) is 7.77. The van der Waals surface area contributed by atoms with E-state index in [2.05, 4.69) is 15.0 Å². The molecule has 0 radical (unpaired) electrons. The van der Waals surface area contributed by atoms with E-state index in [4.69, 9.17) is 0 Å². The number of aliphatic imine (C=N–C) groups is 3. The highest BCUT2D eigenvalue weighted by molar-refractivity contribution is 5.85. The van der Waals surface area contributed by atoms with Gasteiger partial charge in [-0.2, -0.15) is 0 Å². The number of carbonyl (C=O) groups excluding carboxylic acids is 6. The van der Waals surface area contributed by atoms with Gasteiger partial charge in [0.05, 0.1) is 0 Å². The minimum absolute atomic E-state index is 0.0633. The van der Waals surface area contributed by atoms with Crippen LogP contribution in [0.15, 0.2) is 50.3 Å². The molecule has 0 N–H and O–H groups in total. The van der Waals surface area contributed by atoms with Gasteiger partial charge in [-0.3, -0.25) is 48.6 Å². The SMILES string of the molecule is O=C/C=C(/C=O)N=CCN(CC=N/C(C=O)=C\C=O)CC=N/C(C=O)=C\C=O. The Morgan fingerprint density at radius 3 is 1.04 bits per heavy atom. The molecule has 0 fully saturated rings. The fourth-order valence-corrected chi connectivity index (χ4v) is 1.56. The molecule has 0 spiro atoms. The molecule has 0 aliphatic carbocycles. The third-order valence-corrected chi connectivity index (χ3v) is 2.82. The molecule has 0 unspecified atom stereocenters. The van der Waals surface area contributed by atoms with Crippen molar-refractivity contribution in [1.82, 2.24) is 4.90 Å². The summed E-state index contributed by atoms with van der Waals surface area (Å²) in [5, 5.41) is 0. The van der Waals surface area contributed by atoms with Crippen molar-refractivity contribution in [3.8, 4) is 0 Å². The molecule has 0 aliphatic rings. The van der Waals surface area contributed by atoms with Crippen LogP contribution in [0.4, 0.5) is 0 Å². The molecule has 0 atom stereocenters. The van der Waals surface area contributed by atoms with Crippen LogP contribution < -0.4 is 0 Å². The van der Waals surface area contributed by atoms with Gasteiger partial charge in [-0.25, -0.2) is 0 Å². The number of hydrogen-bond donors (Lipinski definition) is 0.